The van der Waals surface area contributed by atoms with Crippen molar-refractivity contribution in [3.8, 4) is 28.4 Å². The number of halogens is 2. The summed E-state index contributed by atoms with van der Waals surface area (Å²) in [5.74, 6) is 0.0132. The van der Waals surface area contributed by atoms with Crippen LogP contribution in [0.3, 0.4) is 0 Å². The van der Waals surface area contributed by atoms with Crippen molar-refractivity contribution in [1.82, 2.24) is 14.9 Å². The van der Waals surface area contributed by atoms with Gasteiger partial charge in [-0.15, -0.1) is 0 Å². The van der Waals surface area contributed by atoms with Gasteiger partial charge in [-0.2, -0.15) is 13.9 Å². The molecule has 1 amide bonds. The second-order valence-corrected chi connectivity index (χ2v) is 6.63. The van der Waals surface area contributed by atoms with Gasteiger partial charge in [0.15, 0.2) is 0 Å². The number of nitrogens with one attached hydrogen (secondary N) is 1. The number of hydrogen-bond acceptors (Lipinski definition) is 5. The van der Waals surface area contributed by atoms with Crippen LogP contribution in [0.2, 0.25) is 0 Å². The minimum absolute atomic E-state index is 0.0541. The number of alkyl halides is 2. The number of fused-ring (bicyclic) bond motifs is 1. The Labute approximate surface area is 165 Å². The normalized spacial score (nSPS) is 13.6. The maximum atomic E-state index is 13.1. The molecule has 0 spiro atoms. The van der Waals surface area contributed by atoms with Crippen molar-refractivity contribution in [1.29, 1.82) is 0 Å². The van der Waals surface area contributed by atoms with Crippen LogP contribution in [0.25, 0.3) is 16.6 Å². The van der Waals surface area contributed by atoms with Crippen molar-refractivity contribution >= 4 is 11.4 Å². The Morgan fingerprint density at radius 2 is 1.97 bits per heavy atom. The molecular formula is C20H19F2N3O4. The SMILES string of the molecule is COc1ccc2c(-c3cc(OC)c(C(=O)NC4CC4)c(OC(F)F)c3)cnn2c1. The van der Waals surface area contributed by atoms with Crippen LogP contribution in [0.15, 0.2) is 36.7 Å². The molecule has 0 radical (unpaired) electrons. The molecule has 0 aliphatic heterocycles. The maximum absolute atomic E-state index is 13.1. The van der Waals surface area contributed by atoms with Crippen molar-refractivity contribution in [3.05, 3.63) is 42.2 Å². The minimum Gasteiger partial charge on any atom is -0.496 e. The molecule has 1 aliphatic rings. The van der Waals surface area contributed by atoms with Gasteiger partial charge in [-0.1, -0.05) is 0 Å². The van der Waals surface area contributed by atoms with Crippen LogP contribution in [0.4, 0.5) is 8.78 Å². The zero-order chi connectivity index (χ0) is 20.5. The molecule has 0 atom stereocenters. The van der Waals surface area contributed by atoms with E-state index in [-0.39, 0.29) is 23.1 Å². The lowest BCUT2D eigenvalue weighted by Gasteiger charge is -2.16. The first-order chi connectivity index (χ1) is 14.0. The van der Waals surface area contributed by atoms with E-state index < -0.39 is 12.5 Å². The summed E-state index contributed by atoms with van der Waals surface area (Å²) in [7, 11) is 2.93. The fraction of sp³-hybridized carbons (Fsp3) is 0.300. The molecule has 2 aromatic heterocycles. The first-order valence-corrected chi connectivity index (χ1v) is 8.99. The Kier molecular flexibility index (Phi) is 4.96. The summed E-state index contributed by atoms with van der Waals surface area (Å²) in [6, 6.07) is 6.64. The van der Waals surface area contributed by atoms with E-state index >= 15 is 0 Å². The molecule has 29 heavy (non-hydrogen) atoms. The zero-order valence-corrected chi connectivity index (χ0v) is 15.8. The average Bonchev–Trinajstić information content (AvgIpc) is 3.41. The predicted octanol–water partition coefficient (Wildman–Crippen LogP) is 3.51. The Hall–Kier alpha value is -3.36. The summed E-state index contributed by atoms with van der Waals surface area (Å²) in [6.45, 7) is -3.09. The van der Waals surface area contributed by atoms with Gasteiger partial charge in [-0.3, -0.25) is 4.79 Å². The Balaban J connectivity index is 1.82. The monoisotopic (exact) mass is 403 g/mol. The van der Waals surface area contributed by atoms with Crippen molar-refractivity contribution < 1.29 is 27.8 Å². The first kappa shape index (κ1) is 19.0. The predicted molar refractivity (Wildman–Crippen MR) is 101 cm³/mol. The Bertz CT molecular complexity index is 1060. The molecule has 7 nitrogen and oxygen atoms in total. The summed E-state index contributed by atoms with van der Waals surface area (Å²) in [6.07, 6.45) is 5.02. The molecule has 4 rings (SSSR count). The number of carbonyl (C=O) groups is 1. The molecular weight excluding hydrogens is 384 g/mol. The molecule has 1 aromatic carbocycles. The average molecular weight is 403 g/mol. The van der Waals surface area contributed by atoms with Crippen LogP contribution in [0, 0.1) is 0 Å². The van der Waals surface area contributed by atoms with E-state index in [2.05, 4.69) is 15.2 Å². The first-order valence-electron chi connectivity index (χ1n) is 8.99. The summed E-state index contributed by atoms with van der Waals surface area (Å²) in [4.78, 5) is 12.6. The fourth-order valence-electron chi connectivity index (χ4n) is 3.11. The van der Waals surface area contributed by atoms with E-state index in [1.807, 2.05) is 0 Å². The number of amides is 1. The highest BCUT2D eigenvalue weighted by Crippen LogP contribution is 2.38. The van der Waals surface area contributed by atoms with Crippen LogP contribution >= 0.6 is 0 Å². The minimum atomic E-state index is -3.09. The number of benzene rings is 1. The van der Waals surface area contributed by atoms with E-state index in [1.54, 1.807) is 42.2 Å². The van der Waals surface area contributed by atoms with Crippen molar-refractivity contribution in [2.75, 3.05) is 14.2 Å². The summed E-state index contributed by atoms with van der Waals surface area (Å²) >= 11 is 0. The van der Waals surface area contributed by atoms with Crippen LogP contribution in [-0.2, 0) is 0 Å². The lowest BCUT2D eigenvalue weighted by atomic mass is 10.0. The fourth-order valence-corrected chi connectivity index (χ4v) is 3.11. The number of methoxy groups -OCH3 is 2. The summed E-state index contributed by atoms with van der Waals surface area (Å²) in [5, 5.41) is 7.06. The van der Waals surface area contributed by atoms with E-state index in [4.69, 9.17) is 9.47 Å². The van der Waals surface area contributed by atoms with Crippen molar-refractivity contribution in [2.24, 2.45) is 0 Å². The molecule has 9 heteroatoms. The number of hydrogen-bond donors (Lipinski definition) is 1. The van der Waals surface area contributed by atoms with E-state index in [0.29, 0.717) is 16.9 Å². The highest BCUT2D eigenvalue weighted by Gasteiger charge is 2.29. The molecule has 0 saturated heterocycles. The number of carbonyl (C=O) groups excluding carboxylic acids is 1. The van der Waals surface area contributed by atoms with Gasteiger partial charge in [-0.05, 0) is 42.7 Å². The molecule has 1 saturated carbocycles. The zero-order valence-electron chi connectivity index (χ0n) is 15.8. The number of aromatic nitrogens is 2. The topological polar surface area (TPSA) is 74.1 Å². The molecule has 1 fully saturated rings. The second-order valence-electron chi connectivity index (χ2n) is 6.63. The Morgan fingerprint density at radius 1 is 1.21 bits per heavy atom. The van der Waals surface area contributed by atoms with E-state index in [0.717, 1.165) is 18.4 Å². The third kappa shape index (κ3) is 3.80. The molecule has 152 valence electrons. The van der Waals surface area contributed by atoms with Crippen LogP contribution in [-0.4, -0.2) is 42.4 Å². The van der Waals surface area contributed by atoms with Crippen LogP contribution in [0.1, 0.15) is 23.2 Å². The smallest absolute Gasteiger partial charge is 0.387 e. The third-order valence-electron chi connectivity index (χ3n) is 4.68. The number of nitrogens with zero attached hydrogens (tertiary/aromatic N) is 2. The van der Waals surface area contributed by atoms with Gasteiger partial charge in [0.1, 0.15) is 22.8 Å². The van der Waals surface area contributed by atoms with Gasteiger partial charge < -0.3 is 19.5 Å². The molecule has 1 N–H and O–H groups in total. The number of rotatable bonds is 7. The van der Waals surface area contributed by atoms with Gasteiger partial charge in [0.2, 0.25) is 0 Å². The standard InChI is InChI=1S/C20H19F2N3O4/c1-27-13-5-6-15-14(9-23-25(15)10-13)11-7-16(28-2)18(17(8-11)29-20(21)22)19(26)24-12-3-4-12/h5-10,12,20H,3-4H2,1-2H3,(H,24,26). The van der Waals surface area contributed by atoms with Gasteiger partial charge in [0.05, 0.1) is 32.1 Å². The van der Waals surface area contributed by atoms with Gasteiger partial charge >= 0.3 is 6.61 Å². The van der Waals surface area contributed by atoms with Gasteiger partial charge in [0, 0.05) is 11.6 Å². The lowest BCUT2D eigenvalue weighted by Crippen LogP contribution is -2.26. The molecule has 3 aromatic rings. The van der Waals surface area contributed by atoms with Crippen molar-refractivity contribution in [2.45, 2.75) is 25.5 Å². The number of ether oxygens (including phenoxy) is 3. The number of pyridine rings is 1. The van der Waals surface area contributed by atoms with Crippen LogP contribution < -0.4 is 19.5 Å². The van der Waals surface area contributed by atoms with Crippen LogP contribution in [0.5, 0.6) is 17.2 Å². The quantitative estimate of drug-likeness (QED) is 0.654. The lowest BCUT2D eigenvalue weighted by molar-refractivity contribution is -0.0502. The van der Waals surface area contributed by atoms with Gasteiger partial charge in [0.25, 0.3) is 5.91 Å². The maximum Gasteiger partial charge on any atom is 0.387 e. The highest BCUT2D eigenvalue weighted by molar-refractivity contribution is 6.01. The van der Waals surface area contributed by atoms with E-state index in [9.17, 15) is 13.6 Å². The van der Waals surface area contributed by atoms with E-state index in [1.165, 1.54) is 13.2 Å². The summed E-state index contributed by atoms with van der Waals surface area (Å²) < 4.78 is 42.9. The van der Waals surface area contributed by atoms with Gasteiger partial charge in [-0.25, -0.2) is 4.52 Å². The second kappa shape index (κ2) is 7.57. The molecule has 0 bridgehead atoms. The summed E-state index contributed by atoms with van der Waals surface area (Å²) in [5.41, 5.74) is 1.87. The Morgan fingerprint density at radius 3 is 2.62 bits per heavy atom. The van der Waals surface area contributed by atoms with Crippen molar-refractivity contribution in [3.63, 3.8) is 0 Å². The molecule has 2 heterocycles. The molecule has 1 aliphatic carbocycles. The largest absolute Gasteiger partial charge is 0.496 e. The third-order valence-corrected chi connectivity index (χ3v) is 4.68. The molecule has 0 unspecified atom stereocenters. The highest BCUT2D eigenvalue weighted by atomic mass is 19.3.